The average Bonchev–Trinajstić information content (AvgIpc) is 2.47. The van der Waals surface area contributed by atoms with Crippen molar-refractivity contribution in [1.82, 2.24) is 0 Å². The molecule has 0 aromatic heterocycles. The monoisotopic (exact) mass is 272 g/mol. The predicted octanol–water partition coefficient (Wildman–Crippen LogP) is 4.06. The lowest BCUT2D eigenvalue weighted by Crippen LogP contribution is -2.11. The molecule has 0 atom stereocenters. The van der Waals surface area contributed by atoms with Crippen LogP contribution in [0.5, 0.6) is 5.75 Å². The zero-order chi connectivity index (χ0) is 13.5. The standard InChI is InChI=1S/C16H16O2S/c1-2-19-15-10-8-13(9-11-15)16(17)12-18-14-6-4-3-5-7-14/h3-11H,2,12H2,1H3. The van der Waals surface area contributed by atoms with Crippen LogP contribution in [0.2, 0.25) is 0 Å². The van der Waals surface area contributed by atoms with Crippen molar-refractivity contribution < 1.29 is 9.53 Å². The van der Waals surface area contributed by atoms with Crippen LogP contribution < -0.4 is 4.74 Å². The molecule has 0 aliphatic rings. The number of rotatable bonds is 6. The first-order chi connectivity index (χ1) is 9.29. The molecule has 2 aromatic carbocycles. The summed E-state index contributed by atoms with van der Waals surface area (Å²) in [5, 5.41) is 0. The third kappa shape index (κ3) is 4.14. The van der Waals surface area contributed by atoms with Crippen molar-refractivity contribution in [3.05, 3.63) is 60.2 Å². The van der Waals surface area contributed by atoms with Crippen LogP contribution in [0, 0.1) is 0 Å². The van der Waals surface area contributed by atoms with Crippen molar-refractivity contribution >= 4 is 17.5 Å². The summed E-state index contributed by atoms with van der Waals surface area (Å²) in [7, 11) is 0. The summed E-state index contributed by atoms with van der Waals surface area (Å²) in [5.41, 5.74) is 0.691. The maximum absolute atomic E-state index is 12.0. The number of thioether (sulfide) groups is 1. The van der Waals surface area contributed by atoms with E-state index in [1.54, 1.807) is 11.8 Å². The van der Waals surface area contributed by atoms with E-state index in [1.807, 2.05) is 54.6 Å². The fourth-order valence-corrected chi connectivity index (χ4v) is 2.31. The number of ether oxygens (including phenoxy) is 1. The van der Waals surface area contributed by atoms with Crippen LogP contribution in [-0.4, -0.2) is 18.1 Å². The van der Waals surface area contributed by atoms with Gasteiger partial charge in [-0.1, -0.05) is 37.3 Å². The van der Waals surface area contributed by atoms with Gasteiger partial charge in [0.15, 0.2) is 12.4 Å². The molecule has 19 heavy (non-hydrogen) atoms. The van der Waals surface area contributed by atoms with E-state index in [-0.39, 0.29) is 12.4 Å². The molecule has 98 valence electrons. The first-order valence-corrected chi connectivity index (χ1v) is 7.22. The van der Waals surface area contributed by atoms with E-state index in [0.29, 0.717) is 11.3 Å². The maximum Gasteiger partial charge on any atom is 0.200 e. The highest BCUT2D eigenvalue weighted by atomic mass is 32.2. The Labute approximate surface area is 117 Å². The van der Waals surface area contributed by atoms with Crippen molar-refractivity contribution in [1.29, 1.82) is 0 Å². The molecule has 0 bridgehead atoms. The lowest BCUT2D eigenvalue weighted by Gasteiger charge is -2.05. The van der Waals surface area contributed by atoms with Crippen molar-refractivity contribution in [3.8, 4) is 5.75 Å². The summed E-state index contributed by atoms with van der Waals surface area (Å²) in [6.07, 6.45) is 0. The first kappa shape index (κ1) is 13.7. The Kier molecular flexibility index (Phi) is 5.04. The highest BCUT2D eigenvalue weighted by molar-refractivity contribution is 7.99. The van der Waals surface area contributed by atoms with Gasteiger partial charge >= 0.3 is 0 Å². The minimum absolute atomic E-state index is 0.00287. The summed E-state index contributed by atoms with van der Waals surface area (Å²) < 4.78 is 5.45. The average molecular weight is 272 g/mol. The second kappa shape index (κ2) is 7.00. The van der Waals surface area contributed by atoms with Gasteiger partial charge in [-0.2, -0.15) is 0 Å². The van der Waals surface area contributed by atoms with Gasteiger partial charge in [0.25, 0.3) is 0 Å². The van der Waals surface area contributed by atoms with Gasteiger partial charge in [-0.15, -0.1) is 11.8 Å². The molecule has 0 N–H and O–H groups in total. The number of para-hydroxylation sites is 1. The molecule has 0 spiro atoms. The zero-order valence-corrected chi connectivity index (χ0v) is 11.7. The van der Waals surface area contributed by atoms with Gasteiger partial charge in [0, 0.05) is 10.5 Å². The fourth-order valence-electron chi connectivity index (χ4n) is 1.65. The number of benzene rings is 2. The Morgan fingerprint density at radius 1 is 1.05 bits per heavy atom. The van der Waals surface area contributed by atoms with Gasteiger partial charge in [0.05, 0.1) is 0 Å². The summed E-state index contributed by atoms with van der Waals surface area (Å²) in [6, 6.07) is 17.0. The van der Waals surface area contributed by atoms with Gasteiger partial charge in [0.1, 0.15) is 5.75 Å². The van der Waals surface area contributed by atoms with E-state index >= 15 is 0 Å². The molecule has 0 heterocycles. The topological polar surface area (TPSA) is 26.3 Å². The molecule has 0 unspecified atom stereocenters. The molecule has 0 amide bonds. The van der Waals surface area contributed by atoms with E-state index in [0.717, 1.165) is 5.75 Å². The predicted molar refractivity (Wildman–Crippen MR) is 79.1 cm³/mol. The lowest BCUT2D eigenvalue weighted by molar-refractivity contribution is 0.0921. The van der Waals surface area contributed by atoms with Gasteiger partial charge in [0.2, 0.25) is 0 Å². The maximum atomic E-state index is 12.0. The molecular weight excluding hydrogens is 256 g/mol. The van der Waals surface area contributed by atoms with E-state index in [2.05, 4.69) is 6.92 Å². The number of hydrogen-bond acceptors (Lipinski definition) is 3. The highest BCUT2D eigenvalue weighted by Crippen LogP contribution is 2.18. The van der Waals surface area contributed by atoms with Gasteiger partial charge in [-0.3, -0.25) is 4.79 Å². The van der Waals surface area contributed by atoms with E-state index < -0.39 is 0 Å². The smallest absolute Gasteiger partial charge is 0.200 e. The quantitative estimate of drug-likeness (QED) is 0.586. The van der Waals surface area contributed by atoms with Gasteiger partial charge in [-0.05, 0) is 30.0 Å². The second-order valence-corrected chi connectivity index (χ2v) is 5.32. The van der Waals surface area contributed by atoms with Crippen LogP contribution in [0.3, 0.4) is 0 Å². The molecule has 2 nitrogen and oxygen atoms in total. The SMILES string of the molecule is CCSc1ccc(C(=O)COc2ccccc2)cc1. The summed E-state index contributed by atoms with van der Waals surface area (Å²) in [5.74, 6) is 1.75. The summed E-state index contributed by atoms with van der Waals surface area (Å²) in [4.78, 5) is 13.1. The number of carbonyl (C=O) groups excluding carboxylic acids is 1. The molecule has 0 saturated carbocycles. The van der Waals surface area contributed by atoms with Gasteiger partial charge < -0.3 is 4.74 Å². The van der Waals surface area contributed by atoms with E-state index in [4.69, 9.17) is 4.74 Å². The van der Waals surface area contributed by atoms with Crippen LogP contribution in [0.25, 0.3) is 0 Å². The van der Waals surface area contributed by atoms with Crippen LogP contribution in [0.4, 0.5) is 0 Å². The molecule has 0 aliphatic carbocycles. The van der Waals surface area contributed by atoms with Crippen molar-refractivity contribution in [2.24, 2.45) is 0 Å². The molecular formula is C16H16O2S. The Bertz CT molecular complexity index is 520. The third-order valence-corrected chi connectivity index (χ3v) is 3.49. The molecule has 0 radical (unpaired) electrons. The lowest BCUT2D eigenvalue weighted by atomic mass is 10.1. The third-order valence-electron chi connectivity index (χ3n) is 2.60. The Morgan fingerprint density at radius 3 is 2.37 bits per heavy atom. The largest absolute Gasteiger partial charge is 0.485 e. The molecule has 0 saturated heterocycles. The van der Waals surface area contributed by atoms with Crippen LogP contribution in [0.15, 0.2) is 59.5 Å². The van der Waals surface area contributed by atoms with E-state index in [1.165, 1.54) is 4.90 Å². The number of carbonyl (C=O) groups is 1. The normalized spacial score (nSPS) is 10.2. The molecule has 0 aliphatic heterocycles. The second-order valence-electron chi connectivity index (χ2n) is 3.98. The van der Waals surface area contributed by atoms with Crippen molar-refractivity contribution in [2.75, 3.05) is 12.4 Å². The van der Waals surface area contributed by atoms with Gasteiger partial charge in [-0.25, -0.2) is 0 Å². The van der Waals surface area contributed by atoms with Crippen molar-refractivity contribution in [2.45, 2.75) is 11.8 Å². The van der Waals surface area contributed by atoms with Crippen molar-refractivity contribution in [3.63, 3.8) is 0 Å². The molecule has 2 rings (SSSR count). The molecule has 2 aromatic rings. The van der Waals surface area contributed by atoms with Crippen LogP contribution in [-0.2, 0) is 0 Å². The summed E-state index contributed by atoms with van der Waals surface area (Å²) >= 11 is 1.76. The number of Topliss-reactive ketones (excluding diaryl/α,β-unsaturated/α-hetero) is 1. The molecule has 0 fully saturated rings. The minimum atomic E-state index is -0.00287. The fraction of sp³-hybridized carbons (Fsp3) is 0.188. The zero-order valence-electron chi connectivity index (χ0n) is 10.8. The summed E-state index contributed by atoms with van der Waals surface area (Å²) in [6.45, 7) is 2.18. The number of hydrogen-bond donors (Lipinski definition) is 0. The van der Waals surface area contributed by atoms with Crippen LogP contribution in [0.1, 0.15) is 17.3 Å². The Balaban J connectivity index is 1.92. The molecule has 3 heteroatoms. The highest BCUT2D eigenvalue weighted by Gasteiger charge is 2.06. The Morgan fingerprint density at radius 2 is 1.74 bits per heavy atom. The van der Waals surface area contributed by atoms with E-state index in [9.17, 15) is 4.79 Å². The number of ketones is 1. The van der Waals surface area contributed by atoms with Crippen LogP contribution >= 0.6 is 11.8 Å². The Hall–Kier alpha value is -1.74. The first-order valence-electron chi connectivity index (χ1n) is 6.23. The minimum Gasteiger partial charge on any atom is -0.485 e.